The minimum absolute atomic E-state index is 0.566. The van der Waals surface area contributed by atoms with Gasteiger partial charge in [-0.25, -0.2) is 0 Å². The first-order valence-corrected chi connectivity index (χ1v) is 5.29. The number of hydrogen-bond donors (Lipinski definition) is 2. The molecule has 82 valence electrons. The lowest BCUT2D eigenvalue weighted by Gasteiger charge is -2.17. The van der Waals surface area contributed by atoms with Crippen molar-refractivity contribution in [2.45, 2.75) is 19.8 Å². The molecule has 1 saturated heterocycles. The van der Waals surface area contributed by atoms with Crippen molar-refractivity contribution in [2.75, 3.05) is 36.1 Å². The molecule has 1 aromatic heterocycles. The Labute approximate surface area is 89.7 Å². The summed E-state index contributed by atoms with van der Waals surface area (Å²) in [7, 11) is 1.85. The van der Waals surface area contributed by atoms with Gasteiger partial charge in [0.25, 0.3) is 0 Å². The minimum atomic E-state index is 0.566. The highest BCUT2D eigenvalue weighted by atomic mass is 15.3. The molecule has 0 bridgehead atoms. The van der Waals surface area contributed by atoms with Crippen LogP contribution in [0.25, 0.3) is 0 Å². The van der Waals surface area contributed by atoms with Gasteiger partial charge in [0.15, 0.2) is 0 Å². The minimum Gasteiger partial charge on any atom is -0.383 e. The van der Waals surface area contributed by atoms with Gasteiger partial charge in [-0.3, -0.25) is 0 Å². The van der Waals surface area contributed by atoms with Crippen molar-refractivity contribution < 1.29 is 0 Å². The zero-order valence-electron chi connectivity index (χ0n) is 9.25. The molecule has 0 amide bonds. The summed E-state index contributed by atoms with van der Waals surface area (Å²) in [5, 5.41) is 3.04. The van der Waals surface area contributed by atoms with Gasteiger partial charge in [0.2, 0.25) is 5.95 Å². The van der Waals surface area contributed by atoms with Crippen LogP contribution >= 0.6 is 0 Å². The van der Waals surface area contributed by atoms with Crippen molar-refractivity contribution >= 4 is 17.6 Å². The molecular formula is C10H17N5. The Morgan fingerprint density at radius 1 is 1.27 bits per heavy atom. The molecule has 0 unspecified atom stereocenters. The summed E-state index contributed by atoms with van der Waals surface area (Å²) >= 11 is 0. The zero-order valence-corrected chi connectivity index (χ0v) is 9.25. The van der Waals surface area contributed by atoms with E-state index in [0.717, 1.165) is 30.4 Å². The maximum Gasteiger partial charge on any atom is 0.229 e. The topological polar surface area (TPSA) is 67.1 Å². The summed E-state index contributed by atoms with van der Waals surface area (Å²) in [5.41, 5.74) is 6.76. The molecule has 2 rings (SSSR count). The highest BCUT2D eigenvalue weighted by molar-refractivity contribution is 5.58. The fourth-order valence-corrected chi connectivity index (χ4v) is 1.82. The van der Waals surface area contributed by atoms with Crippen LogP contribution in [0.3, 0.4) is 0 Å². The van der Waals surface area contributed by atoms with Crippen molar-refractivity contribution in [3.8, 4) is 0 Å². The molecule has 0 aromatic carbocycles. The average Bonchev–Trinajstić information content (AvgIpc) is 2.75. The molecule has 1 aliphatic heterocycles. The predicted molar refractivity (Wildman–Crippen MR) is 62.2 cm³/mol. The molecular weight excluding hydrogens is 190 g/mol. The van der Waals surface area contributed by atoms with E-state index < -0.39 is 0 Å². The van der Waals surface area contributed by atoms with Crippen LogP contribution in [0.1, 0.15) is 18.4 Å². The van der Waals surface area contributed by atoms with Crippen LogP contribution in [0.4, 0.5) is 17.6 Å². The molecule has 5 nitrogen and oxygen atoms in total. The quantitative estimate of drug-likeness (QED) is 0.757. The van der Waals surface area contributed by atoms with Gasteiger partial charge in [-0.15, -0.1) is 0 Å². The van der Waals surface area contributed by atoms with Crippen LogP contribution in [0.2, 0.25) is 0 Å². The van der Waals surface area contributed by atoms with Gasteiger partial charge in [-0.1, -0.05) is 0 Å². The standard InChI is InChI=1S/C10H17N5/c1-7-8(11)13-10(14-9(7)12-2)15-5-3-4-6-15/h3-6H2,1-2H3,(H3,11,12,13,14). The molecule has 0 atom stereocenters. The summed E-state index contributed by atoms with van der Waals surface area (Å²) in [5.74, 6) is 2.14. The first-order valence-electron chi connectivity index (χ1n) is 5.29. The average molecular weight is 207 g/mol. The van der Waals surface area contributed by atoms with Crippen LogP contribution in [0.5, 0.6) is 0 Å². The van der Waals surface area contributed by atoms with Gasteiger partial charge in [0, 0.05) is 25.7 Å². The smallest absolute Gasteiger partial charge is 0.229 e. The number of anilines is 3. The molecule has 1 fully saturated rings. The third-order valence-corrected chi connectivity index (χ3v) is 2.80. The Hall–Kier alpha value is -1.52. The Kier molecular flexibility index (Phi) is 2.62. The van der Waals surface area contributed by atoms with Crippen LogP contribution in [0, 0.1) is 6.92 Å². The third-order valence-electron chi connectivity index (χ3n) is 2.80. The molecule has 1 aliphatic rings. The second-order valence-corrected chi connectivity index (χ2v) is 3.83. The molecule has 2 heterocycles. The van der Waals surface area contributed by atoms with E-state index in [4.69, 9.17) is 5.73 Å². The number of rotatable bonds is 2. The number of aromatic nitrogens is 2. The van der Waals surface area contributed by atoms with Crippen LogP contribution < -0.4 is 16.0 Å². The van der Waals surface area contributed by atoms with Crippen molar-refractivity contribution in [2.24, 2.45) is 0 Å². The lowest BCUT2D eigenvalue weighted by Crippen LogP contribution is -2.21. The van der Waals surface area contributed by atoms with E-state index in [2.05, 4.69) is 20.2 Å². The molecule has 1 aromatic rings. The molecule has 0 spiro atoms. The van der Waals surface area contributed by atoms with E-state index in [9.17, 15) is 0 Å². The third kappa shape index (κ3) is 1.82. The molecule has 0 aliphatic carbocycles. The van der Waals surface area contributed by atoms with Crippen LogP contribution in [-0.4, -0.2) is 30.1 Å². The van der Waals surface area contributed by atoms with Gasteiger partial charge >= 0.3 is 0 Å². The number of nitrogens with two attached hydrogens (primary N) is 1. The van der Waals surface area contributed by atoms with E-state index in [1.807, 2.05) is 14.0 Å². The van der Waals surface area contributed by atoms with E-state index in [1.54, 1.807) is 0 Å². The summed E-state index contributed by atoms with van der Waals surface area (Å²) in [4.78, 5) is 11.0. The largest absolute Gasteiger partial charge is 0.383 e. The molecule has 15 heavy (non-hydrogen) atoms. The normalized spacial score (nSPS) is 15.7. The Morgan fingerprint density at radius 3 is 2.53 bits per heavy atom. The maximum absolute atomic E-state index is 5.85. The summed E-state index contributed by atoms with van der Waals surface area (Å²) < 4.78 is 0. The number of nitrogen functional groups attached to an aromatic ring is 1. The Morgan fingerprint density at radius 2 is 1.93 bits per heavy atom. The molecule has 0 radical (unpaired) electrons. The highest BCUT2D eigenvalue weighted by Crippen LogP contribution is 2.23. The van der Waals surface area contributed by atoms with Crippen molar-refractivity contribution in [1.82, 2.24) is 9.97 Å². The monoisotopic (exact) mass is 207 g/mol. The number of nitrogens with one attached hydrogen (secondary N) is 1. The Bertz CT molecular complexity index is 357. The van der Waals surface area contributed by atoms with Crippen LogP contribution in [-0.2, 0) is 0 Å². The summed E-state index contributed by atoms with van der Waals surface area (Å²) in [6.45, 7) is 3.99. The Balaban J connectivity index is 2.35. The first-order chi connectivity index (χ1) is 7.22. The highest BCUT2D eigenvalue weighted by Gasteiger charge is 2.17. The van der Waals surface area contributed by atoms with Crippen molar-refractivity contribution in [3.05, 3.63) is 5.56 Å². The summed E-state index contributed by atoms with van der Waals surface area (Å²) in [6.07, 6.45) is 2.43. The SMILES string of the molecule is CNc1nc(N2CCCC2)nc(N)c1C. The zero-order chi connectivity index (χ0) is 10.8. The lowest BCUT2D eigenvalue weighted by molar-refractivity contribution is 0.898. The van der Waals surface area contributed by atoms with E-state index >= 15 is 0 Å². The van der Waals surface area contributed by atoms with E-state index in [-0.39, 0.29) is 0 Å². The molecule has 3 N–H and O–H groups in total. The van der Waals surface area contributed by atoms with Crippen LogP contribution in [0.15, 0.2) is 0 Å². The maximum atomic E-state index is 5.85. The van der Waals surface area contributed by atoms with Gasteiger partial charge < -0.3 is 16.0 Å². The number of nitrogens with zero attached hydrogens (tertiary/aromatic N) is 3. The fraction of sp³-hybridized carbons (Fsp3) is 0.600. The number of hydrogen-bond acceptors (Lipinski definition) is 5. The van der Waals surface area contributed by atoms with Gasteiger partial charge in [0.1, 0.15) is 11.6 Å². The van der Waals surface area contributed by atoms with Crippen molar-refractivity contribution in [3.63, 3.8) is 0 Å². The first kappa shape index (κ1) is 10.0. The second kappa shape index (κ2) is 3.92. The molecule has 0 saturated carbocycles. The van der Waals surface area contributed by atoms with Gasteiger partial charge in [-0.05, 0) is 19.8 Å². The molecule has 5 heteroatoms. The van der Waals surface area contributed by atoms with E-state index in [0.29, 0.717) is 5.82 Å². The van der Waals surface area contributed by atoms with Gasteiger partial charge in [0.05, 0.1) is 0 Å². The lowest BCUT2D eigenvalue weighted by atomic mass is 10.3. The summed E-state index contributed by atoms with van der Waals surface area (Å²) in [6, 6.07) is 0. The van der Waals surface area contributed by atoms with Crippen molar-refractivity contribution in [1.29, 1.82) is 0 Å². The van der Waals surface area contributed by atoms with Gasteiger partial charge in [-0.2, -0.15) is 9.97 Å². The van der Waals surface area contributed by atoms with E-state index in [1.165, 1.54) is 12.8 Å². The predicted octanol–water partition coefficient (Wildman–Crippen LogP) is 1.01. The fourth-order valence-electron chi connectivity index (χ4n) is 1.82. The second-order valence-electron chi connectivity index (χ2n) is 3.83.